The molecule has 0 saturated heterocycles. The largest absolute Gasteiger partial charge is 0.422 e. The van der Waals surface area contributed by atoms with Crippen molar-refractivity contribution in [2.24, 2.45) is 0 Å². The molecule has 2 heterocycles. The van der Waals surface area contributed by atoms with Crippen molar-refractivity contribution in [1.82, 2.24) is 4.98 Å². The maximum Gasteiger partial charge on any atom is 0.345 e. The van der Waals surface area contributed by atoms with Gasteiger partial charge >= 0.3 is 5.63 Å². The summed E-state index contributed by atoms with van der Waals surface area (Å²) in [5.41, 5.74) is 0.977. The molecule has 0 amide bonds. The molecule has 2 aromatic carbocycles. The number of rotatable bonds is 4. The van der Waals surface area contributed by atoms with E-state index in [0.29, 0.717) is 26.7 Å². The van der Waals surface area contributed by atoms with Crippen LogP contribution in [-0.2, 0) is 0 Å². The number of nitriles is 1. The molecule has 5 nitrogen and oxygen atoms in total. The molecule has 0 atom stereocenters. The first-order valence-electron chi connectivity index (χ1n) is 8.36. The Labute approximate surface area is 173 Å². The minimum Gasteiger partial charge on any atom is -0.422 e. The Bertz CT molecular complexity index is 1350. The van der Waals surface area contributed by atoms with Crippen LogP contribution in [0.15, 0.2) is 69.3 Å². The van der Waals surface area contributed by atoms with Crippen LogP contribution in [0.25, 0.3) is 27.8 Å². The zero-order valence-electron chi connectivity index (χ0n) is 14.6. The molecule has 0 aliphatic carbocycles. The van der Waals surface area contributed by atoms with Gasteiger partial charge in [-0.3, -0.25) is 0 Å². The molecule has 0 aliphatic heterocycles. The van der Waals surface area contributed by atoms with Crippen LogP contribution in [0.3, 0.4) is 0 Å². The summed E-state index contributed by atoms with van der Waals surface area (Å²) in [5, 5.41) is 15.4. The molecule has 0 spiro atoms. The summed E-state index contributed by atoms with van der Waals surface area (Å²) in [6.45, 7) is 0. The molecule has 142 valence electrons. The van der Waals surface area contributed by atoms with E-state index in [9.17, 15) is 14.4 Å². The molecule has 4 rings (SSSR count). The number of benzene rings is 2. The second-order valence-corrected chi connectivity index (χ2v) is 7.26. The van der Waals surface area contributed by atoms with Crippen molar-refractivity contribution in [1.29, 1.82) is 5.26 Å². The van der Waals surface area contributed by atoms with Gasteiger partial charge in [0.05, 0.1) is 16.9 Å². The fourth-order valence-corrected chi connectivity index (χ4v) is 3.63. The monoisotopic (exact) mass is 423 g/mol. The van der Waals surface area contributed by atoms with Gasteiger partial charge in [0.25, 0.3) is 0 Å². The molecule has 0 fully saturated rings. The number of nitrogens with zero attached hydrogens (tertiary/aromatic N) is 2. The van der Waals surface area contributed by atoms with E-state index in [-0.39, 0.29) is 16.8 Å². The van der Waals surface area contributed by atoms with E-state index >= 15 is 0 Å². The van der Waals surface area contributed by atoms with Crippen LogP contribution < -0.4 is 10.9 Å². The van der Waals surface area contributed by atoms with Crippen molar-refractivity contribution in [2.45, 2.75) is 0 Å². The number of para-hydroxylation sites is 1. The molecular weight excluding hydrogens is 413 g/mol. The van der Waals surface area contributed by atoms with E-state index < -0.39 is 11.4 Å². The Kier molecular flexibility index (Phi) is 5.12. The highest BCUT2D eigenvalue weighted by Crippen LogP contribution is 2.27. The second-order valence-electron chi connectivity index (χ2n) is 5.96. The van der Waals surface area contributed by atoms with Gasteiger partial charge in [0, 0.05) is 22.0 Å². The van der Waals surface area contributed by atoms with Crippen molar-refractivity contribution in [3.8, 4) is 17.3 Å². The van der Waals surface area contributed by atoms with Crippen molar-refractivity contribution in [3.63, 3.8) is 0 Å². The Morgan fingerprint density at radius 2 is 2.10 bits per heavy atom. The Morgan fingerprint density at radius 3 is 2.90 bits per heavy atom. The van der Waals surface area contributed by atoms with Gasteiger partial charge in [-0.25, -0.2) is 14.2 Å². The molecule has 29 heavy (non-hydrogen) atoms. The lowest BCUT2D eigenvalue weighted by Crippen LogP contribution is -2.03. The summed E-state index contributed by atoms with van der Waals surface area (Å²) in [5.74, 6) is -0.437. The van der Waals surface area contributed by atoms with Crippen LogP contribution in [0.4, 0.5) is 10.1 Å². The van der Waals surface area contributed by atoms with Crippen molar-refractivity contribution < 1.29 is 8.81 Å². The summed E-state index contributed by atoms with van der Waals surface area (Å²) in [6.07, 6.45) is 1.38. The van der Waals surface area contributed by atoms with Gasteiger partial charge in [-0.1, -0.05) is 23.7 Å². The zero-order valence-corrected chi connectivity index (χ0v) is 16.2. The first-order chi connectivity index (χ1) is 14.0. The topological polar surface area (TPSA) is 78.9 Å². The number of anilines is 1. The van der Waals surface area contributed by atoms with Crippen LogP contribution in [0.2, 0.25) is 5.02 Å². The Morgan fingerprint density at radius 1 is 1.28 bits per heavy atom. The maximum absolute atomic E-state index is 13.7. The average molecular weight is 424 g/mol. The molecule has 2 aromatic heterocycles. The molecule has 0 aliphatic rings. The number of hydrogen-bond acceptors (Lipinski definition) is 6. The van der Waals surface area contributed by atoms with E-state index in [0.717, 1.165) is 0 Å². The third-order valence-corrected chi connectivity index (χ3v) is 5.18. The summed E-state index contributed by atoms with van der Waals surface area (Å²) < 4.78 is 19.1. The lowest BCUT2D eigenvalue weighted by molar-refractivity contribution is 0.563. The van der Waals surface area contributed by atoms with Gasteiger partial charge in [-0.05, 0) is 36.4 Å². The summed E-state index contributed by atoms with van der Waals surface area (Å²) in [4.78, 5) is 16.7. The van der Waals surface area contributed by atoms with E-state index in [1.54, 1.807) is 47.8 Å². The second kappa shape index (κ2) is 7.87. The number of halogens is 2. The van der Waals surface area contributed by atoms with Crippen molar-refractivity contribution in [3.05, 3.63) is 86.4 Å². The van der Waals surface area contributed by atoms with E-state index in [2.05, 4.69) is 10.3 Å². The van der Waals surface area contributed by atoms with Crippen LogP contribution in [0.1, 0.15) is 5.01 Å². The number of hydrogen-bond donors (Lipinski definition) is 1. The first-order valence-corrected chi connectivity index (χ1v) is 9.62. The van der Waals surface area contributed by atoms with Gasteiger partial charge in [-0.15, -0.1) is 11.3 Å². The fraction of sp³-hybridized carbons (Fsp3) is 0. The number of fused-ring (bicyclic) bond motifs is 1. The van der Waals surface area contributed by atoms with Crippen molar-refractivity contribution >= 4 is 45.2 Å². The standard InChI is InChI=1S/C21H11ClFN3O2S/c22-14-5-6-19-12(7-14)8-15(21(27)28-19)18-11-29-20(26-18)13(9-24)10-25-17-4-2-1-3-16(17)23/h1-8,10-11,25H. The highest BCUT2D eigenvalue weighted by Gasteiger charge is 2.14. The minimum absolute atomic E-state index is 0.206. The highest BCUT2D eigenvalue weighted by molar-refractivity contribution is 7.11. The maximum atomic E-state index is 13.7. The first kappa shape index (κ1) is 18.9. The van der Waals surface area contributed by atoms with Crippen LogP contribution in [-0.4, -0.2) is 4.98 Å². The number of nitrogens with one attached hydrogen (secondary N) is 1. The third kappa shape index (κ3) is 3.90. The fourth-order valence-electron chi connectivity index (χ4n) is 2.66. The number of thiazole rings is 1. The van der Waals surface area contributed by atoms with Crippen molar-refractivity contribution in [2.75, 3.05) is 5.32 Å². The molecule has 0 saturated carbocycles. The van der Waals surface area contributed by atoms with Gasteiger partial charge in [-0.2, -0.15) is 5.26 Å². The van der Waals surface area contributed by atoms with Gasteiger partial charge < -0.3 is 9.73 Å². The number of aromatic nitrogens is 1. The van der Waals surface area contributed by atoms with Gasteiger partial charge in [0.2, 0.25) is 0 Å². The predicted octanol–water partition coefficient (Wildman–Crippen LogP) is 5.69. The number of allylic oxidation sites excluding steroid dienone is 1. The summed E-state index contributed by atoms with van der Waals surface area (Å²) >= 11 is 7.20. The molecule has 0 unspecified atom stereocenters. The molecular formula is C21H11ClFN3O2S. The van der Waals surface area contributed by atoms with Gasteiger partial charge in [0.15, 0.2) is 0 Å². The molecule has 0 bridgehead atoms. The Balaban J connectivity index is 1.69. The van der Waals surface area contributed by atoms with E-state index in [1.165, 1.54) is 23.6 Å². The lowest BCUT2D eigenvalue weighted by atomic mass is 10.1. The average Bonchev–Trinajstić information content (AvgIpc) is 3.19. The minimum atomic E-state index is -0.538. The van der Waals surface area contributed by atoms with Gasteiger partial charge in [0.1, 0.15) is 28.1 Å². The van der Waals surface area contributed by atoms with E-state index in [4.69, 9.17) is 16.0 Å². The zero-order chi connectivity index (χ0) is 20.4. The van der Waals surface area contributed by atoms with E-state index in [1.807, 2.05) is 6.07 Å². The summed E-state index contributed by atoms with van der Waals surface area (Å²) in [7, 11) is 0. The summed E-state index contributed by atoms with van der Waals surface area (Å²) in [6, 6.07) is 14.8. The predicted molar refractivity (Wildman–Crippen MR) is 112 cm³/mol. The normalized spacial score (nSPS) is 11.4. The highest BCUT2D eigenvalue weighted by atomic mass is 35.5. The van der Waals surface area contributed by atoms with Crippen LogP contribution in [0, 0.1) is 17.1 Å². The Hall–Kier alpha value is -3.47. The molecule has 1 N–H and O–H groups in total. The third-order valence-electron chi connectivity index (χ3n) is 4.07. The quantitative estimate of drug-likeness (QED) is 0.337. The lowest BCUT2D eigenvalue weighted by Gasteiger charge is -2.02. The molecule has 4 aromatic rings. The molecule has 8 heteroatoms. The van der Waals surface area contributed by atoms with Crippen LogP contribution >= 0.6 is 22.9 Å². The SMILES string of the molecule is N#CC(=CNc1ccccc1F)c1nc(-c2cc3cc(Cl)ccc3oc2=O)cs1. The molecule has 0 radical (unpaired) electrons. The smallest absolute Gasteiger partial charge is 0.345 e. The van der Waals surface area contributed by atoms with Crippen LogP contribution in [0.5, 0.6) is 0 Å².